The number of halogens is 1. The van der Waals surface area contributed by atoms with Crippen LogP contribution in [-0.4, -0.2) is 20.0 Å². The normalized spacial score (nSPS) is 12.2. The van der Waals surface area contributed by atoms with Crippen molar-refractivity contribution in [2.24, 2.45) is 7.05 Å². The van der Waals surface area contributed by atoms with Crippen molar-refractivity contribution in [3.63, 3.8) is 0 Å². The molecule has 0 spiro atoms. The van der Waals surface area contributed by atoms with E-state index in [9.17, 15) is 10.4 Å². The van der Waals surface area contributed by atoms with Gasteiger partial charge >= 0.3 is 0 Å². The first-order chi connectivity index (χ1) is 8.82. The van der Waals surface area contributed by atoms with Gasteiger partial charge in [-0.25, -0.2) is 14.9 Å². The van der Waals surface area contributed by atoms with Crippen LogP contribution in [0, 0.1) is 26.0 Å². The van der Waals surface area contributed by atoms with Crippen LogP contribution in [0.15, 0.2) is 6.07 Å². The minimum Gasteiger partial charge on any atom is -0.594 e. The van der Waals surface area contributed by atoms with Crippen molar-refractivity contribution in [2.45, 2.75) is 28.2 Å². The molecule has 2 rings (SSSR count). The zero-order chi connectivity index (χ0) is 14.3. The van der Waals surface area contributed by atoms with Crippen molar-refractivity contribution in [1.82, 2.24) is 14.8 Å². The summed E-state index contributed by atoms with van der Waals surface area (Å²) in [6, 6.07) is 1.81. The standard InChI is InChI=1S/C12H15ClN4O2.CH4/c1-6-5-9(13)8(3)14-10(6)11-7(2)12(17(18)19)16(4)15-11;/h5,17-18H,1-4H3;1H4. The number of hydrogen-bond acceptors (Lipinski definition) is 4. The van der Waals surface area contributed by atoms with E-state index in [1.807, 2.05) is 19.9 Å². The molecule has 0 amide bonds. The molecule has 110 valence electrons. The molecule has 0 aliphatic carbocycles. The summed E-state index contributed by atoms with van der Waals surface area (Å²) in [5.41, 5.74) is 3.42. The molecular formula is C13H19ClN4O2. The topological polar surface area (TPSA) is 78.4 Å². The van der Waals surface area contributed by atoms with E-state index in [0.717, 1.165) is 5.56 Å². The summed E-state index contributed by atoms with van der Waals surface area (Å²) in [5, 5.41) is 24.2. The molecule has 20 heavy (non-hydrogen) atoms. The lowest BCUT2D eigenvalue weighted by Gasteiger charge is -2.11. The second kappa shape index (κ2) is 5.88. The van der Waals surface area contributed by atoms with E-state index in [1.54, 1.807) is 14.0 Å². The molecule has 1 atom stereocenters. The average Bonchev–Trinajstić information content (AvgIpc) is 2.59. The van der Waals surface area contributed by atoms with Crippen LogP contribution in [0.3, 0.4) is 0 Å². The molecule has 2 aromatic rings. The van der Waals surface area contributed by atoms with Gasteiger partial charge in [0.15, 0.2) is 0 Å². The van der Waals surface area contributed by atoms with Crippen molar-refractivity contribution in [3.05, 3.63) is 33.1 Å². The van der Waals surface area contributed by atoms with E-state index in [1.165, 1.54) is 4.68 Å². The number of quaternary nitrogens is 1. The van der Waals surface area contributed by atoms with Gasteiger partial charge in [-0.2, -0.15) is 10.3 Å². The predicted molar refractivity (Wildman–Crippen MR) is 78.2 cm³/mol. The summed E-state index contributed by atoms with van der Waals surface area (Å²) < 4.78 is 1.36. The first-order valence-corrected chi connectivity index (χ1v) is 6.11. The van der Waals surface area contributed by atoms with Gasteiger partial charge in [0, 0.05) is 7.05 Å². The van der Waals surface area contributed by atoms with Crippen LogP contribution in [0.25, 0.3) is 11.4 Å². The molecule has 2 aromatic heterocycles. The summed E-state index contributed by atoms with van der Waals surface area (Å²) in [6.07, 6.45) is 0. The third-order valence-corrected chi connectivity index (χ3v) is 3.44. The van der Waals surface area contributed by atoms with Crippen molar-refractivity contribution >= 4 is 17.4 Å². The Bertz CT molecular complexity index is 638. The second-order valence-electron chi connectivity index (χ2n) is 4.47. The fraction of sp³-hybridized carbons (Fsp3) is 0.385. The molecule has 6 nitrogen and oxygen atoms in total. The Hall–Kier alpha value is -1.47. The van der Waals surface area contributed by atoms with Gasteiger partial charge in [0.2, 0.25) is 0 Å². The van der Waals surface area contributed by atoms with E-state index in [0.29, 0.717) is 27.7 Å². The molecule has 2 heterocycles. The fourth-order valence-electron chi connectivity index (χ4n) is 2.07. The molecule has 0 aliphatic rings. The lowest BCUT2D eigenvalue weighted by Crippen LogP contribution is -3.00. The van der Waals surface area contributed by atoms with E-state index in [4.69, 9.17) is 11.6 Å². The Morgan fingerprint density at radius 1 is 1.30 bits per heavy atom. The lowest BCUT2D eigenvalue weighted by atomic mass is 10.1. The fourth-order valence-corrected chi connectivity index (χ4v) is 2.27. The highest BCUT2D eigenvalue weighted by Gasteiger charge is 2.21. The maximum Gasteiger partial charge on any atom is 0.260 e. The van der Waals surface area contributed by atoms with Gasteiger partial charge in [-0.05, 0) is 32.4 Å². The molecule has 0 aromatic carbocycles. The van der Waals surface area contributed by atoms with Crippen molar-refractivity contribution in [3.8, 4) is 11.4 Å². The molecule has 1 unspecified atom stereocenters. The summed E-state index contributed by atoms with van der Waals surface area (Å²) in [5.74, 6) is 0.170. The van der Waals surface area contributed by atoms with Crippen LogP contribution < -0.4 is 5.23 Å². The number of pyridine rings is 1. The maximum absolute atomic E-state index is 11.2. The van der Waals surface area contributed by atoms with Gasteiger partial charge in [0.25, 0.3) is 5.82 Å². The molecule has 0 radical (unpaired) electrons. The van der Waals surface area contributed by atoms with E-state index >= 15 is 0 Å². The summed E-state index contributed by atoms with van der Waals surface area (Å²) in [7, 11) is 1.61. The van der Waals surface area contributed by atoms with Crippen molar-refractivity contribution < 1.29 is 10.4 Å². The molecule has 0 aliphatic heterocycles. The van der Waals surface area contributed by atoms with Gasteiger partial charge in [-0.1, -0.05) is 19.0 Å². The van der Waals surface area contributed by atoms with E-state index in [2.05, 4.69) is 10.1 Å². The first kappa shape index (κ1) is 16.6. The molecule has 0 bridgehead atoms. The first-order valence-electron chi connectivity index (χ1n) is 5.74. The minimum atomic E-state index is -0.998. The molecule has 7 heteroatoms. The minimum absolute atomic E-state index is 0. The van der Waals surface area contributed by atoms with Gasteiger partial charge in [0.1, 0.15) is 5.69 Å². The number of nitrogens with zero attached hydrogens (tertiary/aromatic N) is 3. The van der Waals surface area contributed by atoms with Gasteiger partial charge < -0.3 is 5.21 Å². The largest absolute Gasteiger partial charge is 0.594 e. The summed E-state index contributed by atoms with van der Waals surface area (Å²) in [4.78, 5) is 4.42. The highest BCUT2D eigenvalue weighted by atomic mass is 35.5. The Balaban J connectivity index is 0.00000200. The van der Waals surface area contributed by atoms with Crippen LogP contribution in [0.2, 0.25) is 5.02 Å². The predicted octanol–water partition coefficient (Wildman–Crippen LogP) is 2.10. The zero-order valence-corrected chi connectivity index (χ0v) is 11.9. The van der Waals surface area contributed by atoms with Crippen LogP contribution in [0.1, 0.15) is 24.2 Å². The van der Waals surface area contributed by atoms with Gasteiger partial charge in [0.05, 0.1) is 22.0 Å². The number of nitrogens with one attached hydrogen (secondary N) is 1. The van der Waals surface area contributed by atoms with Crippen molar-refractivity contribution in [1.29, 1.82) is 0 Å². The van der Waals surface area contributed by atoms with Crippen molar-refractivity contribution in [2.75, 3.05) is 0 Å². The Morgan fingerprint density at radius 3 is 2.40 bits per heavy atom. The molecule has 0 saturated heterocycles. The number of rotatable bonds is 2. The van der Waals surface area contributed by atoms with Crippen LogP contribution >= 0.6 is 11.6 Å². The number of aromatic nitrogens is 3. The SMILES string of the molecule is C.Cc1cc(Cl)c(C)nc1-c1nn(C)c([NH+]([O-])O)c1C. The Labute approximate surface area is 123 Å². The highest BCUT2D eigenvalue weighted by molar-refractivity contribution is 6.31. The number of hydrogen-bond donors (Lipinski definition) is 2. The monoisotopic (exact) mass is 298 g/mol. The molecule has 0 fully saturated rings. The van der Waals surface area contributed by atoms with Gasteiger partial charge in [-0.15, -0.1) is 0 Å². The Morgan fingerprint density at radius 2 is 1.90 bits per heavy atom. The van der Waals surface area contributed by atoms with Crippen LogP contribution in [0.5, 0.6) is 0 Å². The van der Waals surface area contributed by atoms with Crippen LogP contribution in [0.4, 0.5) is 5.82 Å². The molecule has 2 N–H and O–H groups in total. The Kier molecular flexibility index (Phi) is 4.88. The number of aryl methyl sites for hydroxylation is 3. The molecule has 0 saturated carbocycles. The second-order valence-corrected chi connectivity index (χ2v) is 4.88. The van der Waals surface area contributed by atoms with E-state index in [-0.39, 0.29) is 13.2 Å². The quantitative estimate of drug-likeness (QED) is 0.832. The zero-order valence-electron chi connectivity index (χ0n) is 11.2. The van der Waals surface area contributed by atoms with Gasteiger partial charge in [-0.3, -0.25) is 0 Å². The maximum atomic E-state index is 11.2. The summed E-state index contributed by atoms with van der Waals surface area (Å²) >= 11 is 6.02. The molecular weight excluding hydrogens is 280 g/mol. The lowest BCUT2D eigenvalue weighted by molar-refractivity contribution is -0.994. The highest BCUT2D eigenvalue weighted by Crippen LogP contribution is 2.29. The average molecular weight is 299 g/mol. The smallest absolute Gasteiger partial charge is 0.260 e. The van der Waals surface area contributed by atoms with E-state index < -0.39 is 5.23 Å². The van der Waals surface area contributed by atoms with Crippen LogP contribution in [-0.2, 0) is 7.05 Å². The summed E-state index contributed by atoms with van der Waals surface area (Å²) in [6.45, 7) is 5.42. The third kappa shape index (κ3) is 2.69. The third-order valence-electron chi connectivity index (χ3n) is 3.05.